The highest BCUT2D eigenvalue weighted by atomic mass is 31.2. The van der Waals surface area contributed by atoms with Crippen molar-refractivity contribution in [1.82, 2.24) is 5.32 Å². The zero-order chi connectivity index (χ0) is 59.8. The minimum absolute atomic E-state index is 0.0577. The van der Waals surface area contributed by atoms with Gasteiger partial charge < -0.3 is 19.8 Å². The molecule has 3 unspecified atom stereocenters. The fraction of sp³-hybridized carbons (Fsp3) is 0.767. The third kappa shape index (κ3) is 65.0. The summed E-state index contributed by atoms with van der Waals surface area (Å²) in [5, 5.41) is 14.0. The molecule has 8 nitrogen and oxygen atoms in total. The van der Waals surface area contributed by atoms with E-state index in [4.69, 9.17) is 9.05 Å². The van der Waals surface area contributed by atoms with Crippen molar-refractivity contribution in [3.05, 3.63) is 97.2 Å². The van der Waals surface area contributed by atoms with E-state index in [0.717, 1.165) is 83.5 Å². The second-order valence-electron chi connectivity index (χ2n) is 24.5. The van der Waals surface area contributed by atoms with Crippen molar-refractivity contribution in [3.63, 3.8) is 0 Å². The smallest absolute Gasteiger partial charge is 0.387 e. The van der Waals surface area contributed by atoms with Gasteiger partial charge in [0.1, 0.15) is 13.2 Å². The lowest BCUT2D eigenvalue weighted by Crippen LogP contribution is -2.45. The van der Waals surface area contributed by atoms with E-state index >= 15 is 0 Å². The first-order valence-corrected chi connectivity index (χ1v) is 36.1. The van der Waals surface area contributed by atoms with Gasteiger partial charge in [0, 0.05) is 6.42 Å². The molecule has 0 aromatic heterocycles. The number of carbonyl (C=O) groups is 1. The van der Waals surface area contributed by atoms with Gasteiger partial charge in [0.25, 0.3) is 0 Å². The highest BCUT2D eigenvalue weighted by Gasteiger charge is 2.28. The minimum Gasteiger partial charge on any atom is -0.387 e. The number of unbranched alkanes of at least 4 members (excludes halogenated alkanes) is 36. The van der Waals surface area contributed by atoms with Crippen LogP contribution < -0.4 is 5.32 Å². The molecule has 0 aliphatic heterocycles. The minimum atomic E-state index is -4.36. The summed E-state index contributed by atoms with van der Waals surface area (Å²) in [6.07, 6.45) is 91.1. The van der Waals surface area contributed by atoms with Crippen LogP contribution in [0.5, 0.6) is 0 Å². The van der Waals surface area contributed by atoms with Crippen molar-refractivity contribution < 1.29 is 32.9 Å². The second kappa shape index (κ2) is 62.9. The number of nitrogens with one attached hydrogen (secondary N) is 1. The summed E-state index contributed by atoms with van der Waals surface area (Å²) in [6.45, 7) is 4.73. The van der Waals surface area contributed by atoms with Crippen LogP contribution in [0.4, 0.5) is 0 Å². The number of nitrogens with zero attached hydrogens (tertiary/aromatic N) is 1. The number of phosphoric ester groups is 1. The number of hydrogen-bond acceptors (Lipinski definition) is 5. The molecule has 82 heavy (non-hydrogen) atoms. The van der Waals surface area contributed by atoms with Gasteiger partial charge in [-0.1, -0.05) is 323 Å². The fourth-order valence-corrected chi connectivity index (χ4v) is 10.7. The van der Waals surface area contributed by atoms with Crippen molar-refractivity contribution in [3.8, 4) is 0 Å². The van der Waals surface area contributed by atoms with E-state index in [-0.39, 0.29) is 19.1 Å². The van der Waals surface area contributed by atoms with Gasteiger partial charge in [-0.3, -0.25) is 13.8 Å². The Hall–Kier alpha value is -2.58. The van der Waals surface area contributed by atoms with E-state index in [0.29, 0.717) is 17.4 Å². The molecule has 0 radical (unpaired) electrons. The number of allylic oxidation sites excluding steroid dienone is 15. The average molecular weight is 1170 g/mol. The van der Waals surface area contributed by atoms with Crippen molar-refractivity contribution >= 4 is 13.7 Å². The molecular formula is C73H134N2O6P+. The molecule has 0 fully saturated rings. The Morgan fingerprint density at radius 1 is 0.427 bits per heavy atom. The third-order valence-corrected chi connectivity index (χ3v) is 16.3. The van der Waals surface area contributed by atoms with Crippen molar-refractivity contribution in [2.24, 2.45) is 0 Å². The van der Waals surface area contributed by atoms with Gasteiger partial charge in [0.2, 0.25) is 5.91 Å². The maximum atomic E-state index is 13.1. The summed E-state index contributed by atoms with van der Waals surface area (Å²) in [5.74, 6) is -0.180. The van der Waals surface area contributed by atoms with E-state index < -0.39 is 20.0 Å². The van der Waals surface area contributed by atoms with Crippen LogP contribution >= 0.6 is 7.82 Å². The second-order valence-corrected chi connectivity index (χ2v) is 26.0. The molecule has 0 aromatic carbocycles. The molecule has 0 rings (SSSR count). The van der Waals surface area contributed by atoms with Crippen molar-refractivity contribution in [1.29, 1.82) is 0 Å². The normalized spacial score (nSPS) is 14.3. The van der Waals surface area contributed by atoms with Crippen molar-refractivity contribution in [2.45, 2.75) is 321 Å². The number of carbonyl (C=O) groups excluding carboxylic acids is 1. The molecule has 0 bridgehead atoms. The molecule has 1 amide bonds. The van der Waals surface area contributed by atoms with Gasteiger partial charge in [0.05, 0.1) is 39.9 Å². The van der Waals surface area contributed by atoms with Gasteiger partial charge in [-0.15, -0.1) is 0 Å². The van der Waals surface area contributed by atoms with Gasteiger partial charge in [0.15, 0.2) is 0 Å². The zero-order valence-electron chi connectivity index (χ0n) is 54.5. The summed E-state index contributed by atoms with van der Waals surface area (Å²) in [4.78, 5) is 23.4. The molecule has 476 valence electrons. The summed E-state index contributed by atoms with van der Waals surface area (Å²) in [6, 6.07) is -0.856. The predicted molar refractivity (Wildman–Crippen MR) is 359 cm³/mol. The lowest BCUT2D eigenvalue weighted by atomic mass is 10.0. The summed E-state index contributed by atoms with van der Waals surface area (Å²) in [5.41, 5.74) is 0. The number of phosphoric acid groups is 1. The number of aliphatic hydroxyl groups excluding tert-OH is 1. The summed E-state index contributed by atoms with van der Waals surface area (Å²) >= 11 is 0. The zero-order valence-corrected chi connectivity index (χ0v) is 55.4. The van der Waals surface area contributed by atoms with Crippen molar-refractivity contribution in [2.75, 3.05) is 40.9 Å². The molecule has 3 atom stereocenters. The van der Waals surface area contributed by atoms with E-state index in [9.17, 15) is 19.4 Å². The molecule has 9 heteroatoms. The van der Waals surface area contributed by atoms with Gasteiger partial charge >= 0.3 is 7.82 Å². The van der Waals surface area contributed by atoms with Crippen LogP contribution in [-0.4, -0.2) is 73.4 Å². The van der Waals surface area contributed by atoms with Gasteiger partial charge in [-0.2, -0.15) is 0 Å². The fourth-order valence-electron chi connectivity index (χ4n) is 9.97. The molecule has 0 heterocycles. The van der Waals surface area contributed by atoms with Crippen LogP contribution in [0.3, 0.4) is 0 Å². The number of amides is 1. The van der Waals surface area contributed by atoms with Crippen LogP contribution in [0.1, 0.15) is 309 Å². The number of rotatable bonds is 63. The van der Waals surface area contributed by atoms with Crippen LogP contribution in [0.15, 0.2) is 97.2 Å². The van der Waals surface area contributed by atoms with E-state index in [1.165, 1.54) is 205 Å². The lowest BCUT2D eigenvalue weighted by Gasteiger charge is -2.25. The quantitative estimate of drug-likeness (QED) is 0.0243. The van der Waals surface area contributed by atoms with E-state index in [1.54, 1.807) is 6.08 Å². The molecule has 0 aromatic rings. The van der Waals surface area contributed by atoms with Crippen LogP contribution in [0.2, 0.25) is 0 Å². The maximum Gasteiger partial charge on any atom is 0.472 e. The van der Waals surface area contributed by atoms with Crippen LogP contribution in [0, 0.1) is 0 Å². The number of quaternary nitrogens is 1. The average Bonchev–Trinajstić information content (AvgIpc) is 3.47. The number of hydrogen-bond donors (Lipinski definition) is 3. The predicted octanol–water partition coefficient (Wildman–Crippen LogP) is 22.1. The summed E-state index contributed by atoms with van der Waals surface area (Å²) in [7, 11) is 1.57. The van der Waals surface area contributed by atoms with Crippen LogP contribution in [-0.2, 0) is 18.4 Å². The van der Waals surface area contributed by atoms with Gasteiger partial charge in [-0.25, -0.2) is 4.57 Å². The molecule has 0 saturated carbocycles. The Morgan fingerprint density at radius 3 is 1.07 bits per heavy atom. The lowest BCUT2D eigenvalue weighted by molar-refractivity contribution is -0.870. The molecule has 0 saturated heterocycles. The Kier molecular flexibility index (Phi) is 61.0. The first kappa shape index (κ1) is 79.4. The SMILES string of the molecule is CC/C=C\C/C=C\C/C=C\C/C=C\C/C=C\C/C=C\C/C=C\CCCCCCCCCCCCCC(=O)NC(COP(=O)(O)OCC[N+](C)(C)C)C(O)/C=C/CCCCCCCCCCCCCCCCCCCCCCCCCCC. The Morgan fingerprint density at radius 2 is 0.732 bits per heavy atom. The van der Waals surface area contributed by atoms with Gasteiger partial charge in [-0.05, 0) is 77.0 Å². The molecular weight excluding hydrogens is 1030 g/mol. The third-order valence-electron chi connectivity index (χ3n) is 15.3. The molecule has 0 aliphatic carbocycles. The Bertz CT molecular complexity index is 1660. The van der Waals surface area contributed by atoms with E-state index in [2.05, 4.69) is 104 Å². The molecule has 3 N–H and O–H groups in total. The van der Waals surface area contributed by atoms with E-state index in [1.807, 2.05) is 27.2 Å². The first-order valence-electron chi connectivity index (χ1n) is 34.6. The highest BCUT2D eigenvalue weighted by molar-refractivity contribution is 7.47. The summed E-state index contributed by atoms with van der Waals surface area (Å²) < 4.78 is 23.8. The highest BCUT2D eigenvalue weighted by Crippen LogP contribution is 2.43. The molecule has 0 spiro atoms. The molecule has 0 aliphatic rings. The number of likely N-dealkylation sites (N-methyl/N-ethyl adjacent to an activating group) is 1. The topological polar surface area (TPSA) is 105 Å². The van der Waals surface area contributed by atoms with Crippen LogP contribution in [0.25, 0.3) is 0 Å². The standard InChI is InChI=1S/C73H133N2O6P/c1-6-8-10-12-14-16-18-20-22-24-26-28-30-32-34-35-36-37-38-39-41-43-45-47-49-51-53-55-57-59-61-63-65-67-73(77)74-71(70-81-82(78,79)80-69-68-75(3,4)5)72(76)66-64-62-60-58-56-54-52-50-48-46-44-42-40-33-31-29-27-25-23-21-19-17-15-13-11-9-7-2/h8,10,14,16,20,22,26,28,32,34,36-37,39,41,64,66,71-72,76H,6-7,9,11-13,15,17-19,21,23-25,27,29-31,33,35,38,40,42-63,65,67-70H2,1-5H3,(H-,74,77,78,79)/p+1/b10-8-,16-14-,22-20-,28-26-,34-32-,37-36-,41-39-,66-64+. The largest absolute Gasteiger partial charge is 0.472 e. The monoisotopic (exact) mass is 1170 g/mol. The Balaban J connectivity index is 4.12. The first-order chi connectivity index (χ1) is 40.0. The number of aliphatic hydroxyl groups is 1. The Labute approximate surface area is 509 Å². The maximum absolute atomic E-state index is 13.1.